The number of hydrogen-bond donors (Lipinski definition) is 1. The fraction of sp³-hybridized carbons (Fsp3) is 0.357. The normalized spacial score (nSPS) is 12.2. The van der Waals surface area contributed by atoms with Crippen LogP contribution in [0, 0.1) is 11.6 Å². The summed E-state index contributed by atoms with van der Waals surface area (Å²) in [4.78, 5) is 12.1. The highest BCUT2D eigenvalue weighted by molar-refractivity contribution is 8.03. The Bertz CT molecular complexity index is 661. The van der Waals surface area contributed by atoms with Gasteiger partial charge in [-0.3, -0.25) is 4.79 Å². The number of nitrogens with zero attached hydrogens (tertiary/aromatic N) is 2. The molecule has 1 amide bonds. The number of carbonyl (C=O) groups is 1. The molecule has 2 rings (SSSR count). The van der Waals surface area contributed by atoms with Gasteiger partial charge < -0.3 is 5.32 Å². The number of benzene rings is 1. The number of para-hydroxylation sites is 1. The summed E-state index contributed by atoms with van der Waals surface area (Å²) >= 11 is 4.23. The maximum absolute atomic E-state index is 13.5. The van der Waals surface area contributed by atoms with Crippen LogP contribution in [0.2, 0.25) is 0 Å². The Labute approximate surface area is 145 Å². The van der Waals surface area contributed by atoms with Gasteiger partial charge in [-0.15, -0.1) is 10.2 Å². The van der Waals surface area contributed by atoms with Gasteiger partial charge in [-0.25, -0.2) is 8.78 Å². The van der Waals surface area contributed by atoms with Crippen molar-refractivity contribution in [3.05, 3.63) is 29.8 Å². The lowest BCUT2D eigenvalue weighted by Gasteiger charge is -2.11. The largest absolute Gasteiger partial charge is 0.320 e. The van der Waals surface area contributed by atoms with Crippen LogP contribution < -0.4 is 5.32 Å². The molecule has 23 heavy (non-hydrogen) atoms. The first kappa shape index (κ1) is 18.2. The Morgan fingerprint density at radius 2 is 1.96 bits per heavy atom. The highest BCUT2D eigenvalue weighted by Crippen LogP contribution is 2.32. The van der Waals surface area contributed by atoms with Gasteiger partial charge >= 0.3 is 0 Å². The highest BCUT2D eigenvalue weighted by atomic mass is 32.2. The number of thioether (sulfide) groups is 2. The molecule has 0 aliphatic carbocycles. The molecule has 1 heterocycles. The maximum Gasteiger partial charge on any atom is 0.237 e. The fourth-order valence-corrected chi connectivity index (χ4v) is 4.63. The standard InChI is InChI=1S/C14H15F2N3OS3/c1-3-7-21-13-18-19-14(23-13)22-8(2)12(20)17-11-9(15)5-4-6-10(11)16/h4-6,8H,3,7H2,1-2H3,(H,17,20)/t8-/m0/s1. The molecule has 4 nitrogen and oxygen atoms in total. The first-order chi connectivity index (χ1) is 11.0. The molecule has 0 saturated heterocycles. The minimum absolute atomic E-state index is 0.429. The number of rotatable bonds is 7. The molecule has 0 bridgehead atoms. The molecule has 1 atom stereocenters. The minimum atomic E-state index is -0.801. The SMILES string of the molecule is CCCSc1nnc(S[C@@H](C)C(=O)Nc2c(F)cccc2F)s1. The van der Waals surface area contributed by atoms with Crippen LogP contribution in [0.15, 0.2) is 26.9 Å². The zero-order valence-corrected chi connectivity index (χ0v) is 15.0. The molecular formula is C14H15F2N3OS3. The average Bonchev–Trinajstić information content (AvgIpc) is 2.96. The van der Waals surface area contributed by atoms with Crippen molar-refractivity contribution >= 4 is 46.5 Å². The summed E-state index contributed by atoms with van der Waals surface area (Å²) < 4.78 is 28.6. The van der Waals surface area contributed by atoms with Crippen LogP contribution in [0.3, 0.4) is 0 Å². The molecule has 0 radical (unpaired) electrons. The van der Waals surface area contributed by atoms with E-state index in [1.165, 1.54) is 29.2 Å². The highest BCUT2D eigenvalue weighted by Gasteiger charge is 2.20. The summed E-state index contributed by atoms with van der Waals surface area (Å²) in [5.41, 5.74) is -0.429. The zero-order chi connectivity index (χ0) is 16.8. The van der Waals surface area contributed by atoms with Crippen LogP contribution in [0.1, 0.15) is 20.3 Å². The van der Waals surface area contributed by atoms with E-state index in [2.05, 4.69) is 22.4 Å². The fourth-order valence-electron chi connectivity index (χ4n) is 1.54. The van der Waals surface area contributed by atoms with E-state index >= 15 is 0 Å². The molecule has 124 valence electrons. The smallest absolute Gasteiger partial charge is 0.237 e. The van der Waals surface area contributed by atoms with Crippen molar-refractivity contribution in [3.8, 4) is 0 Å². The van der Waals surface area contributed by atoms with Gasteiger partial charge in [0.05, 0.1) is 5.25 Å². The topological polar surface area (TPSA) is 54.9 Å². The Kier molecular flexibility index (Phi) is 6.79. The molecule has 1 aromatic carbocycles. The molecule has 0 saturated carbocycles. The Balaban J connectivity index is 1.96. The molecule has 0 aliphatic rings. The minimum Gasteiger partial charge on any atom is -0.320 e. The summed E-state index contributed by atoms with van der Waals surface area (Å²) in [6.45, 7) is 3.73. The molecule has 0 spiro atoms. The van der Waals surface area contributed by atoms with E-state index in [-0.39, 0.29) is 0 Å². The number of nitrogens with one attached hydrogen (secondary N) is 1. The van der Waals surface area contributed by atoms with Crippen LogP contribution in [0.5, 0.6) is 0 Å². The lowest BCUT2D eigenvalue weighted by atomic mass is 10.3. The second-order valence-electron chi connectivity index (χ2n) is 4.53. The van der Waals surface area contributed by atoms with E-state index in [1.807, 2.05) is 0 Å². The van der Waals surface area contributed by atoms with E-state index in [4.69, 9.17) is 0 Å². The van der Waals surface area contributed by atoms with Crippen molar-refractivity contribution in [2.24, 2.45) is 0 Å². The van der Waals surface area contributed by atoms with Gasteiger partial charge in [0.1, 0.15) is 17.3 Å². The lowest BCUT2D eigenvalue weighted by molar-refractivity contribution is -0.115. The monoisotopic (exact) mass is 375 g/mol. The second kappa shape index (κ2) is 8.60. The van der Waals surface area contributed by atoms with Gasteiger partial charge in [-0.1, -0.05) is 47.9 Å². The number of aromatic nitrogens is 2. The van der Waals surface area contributed by atoms with Crippen LogP contribution in [-0.2, 0) is 4.79 Å². The number of hydrogen-bond acceptors (Lipinski definition) is 6. The molecule has 1 aromatic heterocycles. The van der Waals surface area contributed by atoms with E-state index < -0.39 is 28.5 Å². The van der Waals surface area contributed by atoms with Crippen LogP contribution >= 0.6 is 34.9 Å². The van der Waals surface area contributed by atoms with Gasteiger partial charge in [0, 0.05) is 5.75 Å². The third kappa shape index (κ3) is 5.15. The van der Waals surface area contributed by atoms with Crippen LogP contribution in [0.4, 0.5) is 14.5 Å². The van der Waals surface area contributed by atoms with Gasteiger partial charge in [0.2, 0.25) is 5.91 Å². The van der Waals surface area contributed by atoms with E-state index in [9.17, 15) is 13.6 Å². The van der Waals surface area contributed by atoms with Gasteiger partial charge in [-0.05, 0) is 25.5 Å². The third-order valence-electron chi connectivity index (χ3n) is 2.68. The van der Waals surface area contributed by atoms with Gasteiger partial charge in [0.15, 0.2) is 8.68 Å². The van der Waals surface area contributed by atoms with E-state index in [0.717, 1.165) is 28.6 Å². The zero-order valence-electron chi connectivity index (χ0n) is 12.5. The Morgan fingerprint density at radius 1 is 1.30 bits per heavy atom. The first-order valence-electron chi connectivity index (χ1n) is 6.89. The summed E-state index contributed by atoms with van der Waals surface area (Å²) in [5.74, 6) is -1.13. The van der Waals surface area contributed by atoms with Crippen LogP contribution in [-0.4, -0.2) is 27.1 Å². The molecular weight excluding hydrogens is 360 g/mol. The summed E-state index contributed by atoms with van der Waals surface area (Å²) in [7, 11) is 0. The van der Waals surface area contributed by atoms with E-state index in [1.54, 1.807) is 18.7 Å². The predicted octanol–water partition coefficient (Wildman–Crippen LogP) is 4.44. The number of halogens is 2. The summed E-state index contributed by atoms with van der Waals surface area (Å²) in [6.07, 6.45) is 1.04. The van der Waals surface area contributed by atoms with Crippen molar-refractivity contribution < 1.29 is 13.6 Å². The Hall–Kier alpha value is -1.19. The van der Waals surface area contributed by atoms with Gasteiger partial charge in [0.25, 0.3) is 0 Å². The van der Waals surface area contributed by atoms with Gasteiger partial charge in [-0.2, -0.15) is 0 Å². The molecule has 2 aromatic rings. The predicted molar refractivity (Wildman–Crippen MR) is 91.2 cm³/mol. The second-order valence-corrected chi connectivity index (χ2v) is 8.44. The number of carbonyl (C=O) groups excluding carboxylic acids is 1. The molecule has 9 heteroatoms. The van der Waals surface area contributed by atoms with Crippen LogP contribution in [0.25, 0.3) is 0 Å². The maximum atomic E-state index is 13.5. The third-order valence-corrected chi connectivity index (χ3v) is 6.12. The number of anilines is 1. The average molecular weight is 375 g/mol. The van der Waals surface area contributed by atoms with Crippen molar-refractivity contribution in [1.29, 1.82) is 0 Å². The van der Waals surface area contributed by atoms with Crippen molar-refractivity contribution in [1.82, 2.24) is 10.2 Å². The molecule has 1 N–H and O–H groups in total. The number of amides is 1. The first-order valence-corrected chi connectivity index (χ1v) is 9.57. The summed E-state index contributed by atoms with van der Waals surface area (Å²) in [5, 5.41) is 9.78. The quantitative estimate of drug-likeness (QED) is 0.725. The Morgan fingerprint density at radius 3 is 2.61 bits per heavy atom. The van der Waals surface area contributed by atoms with Crippen molar-refractivity contribution in [3.63, 3.8) is 0 Å². The molecule has 0 aliphatic heterocycles. The lowest BCUT2D eigenvalue weighted by Crippen LogP contribution is -2.23. The summed E-state index contributed by atoms with van der Waals surface area (Å²) in [6, 6.07) is 3.44. The molecule has 0 fully saturated rings. The molecule has 0 unspecified atom stereocenters. The van der Waals surface area contributed by atoms with E-state index in [0.29, 0.717) is 4.34 Å². The van der Waals surface area contributed by atoms with Crippen molar-refractivity contribution in [2.75, 3.05) is 11.1 Å². The van der Waals surface area contributed by atoms with Crippen molar-refractivity contribution in [2.45, 2.75) is 34.2 Å².